The summed E-state index contributed by atoms with van der Waals surface area (Å²) in [6.45, 7) is 0. The highest BCUT2D eigenvalue weighted by atomic mass is 35.5. The minimum absolute atomic E-state index is 0.162. The van der Waals surface area contributed by atoms with Gasteiger partial charge in [-0.2, -0.15) is 0 Å². The molecule has 5 aromatic rings. The van der Waals surface area contributed by atoms with Crippen molar-refractivity contribution in [3.63, 3.8) is 0 Å². The number of aromatic nitrogens is 1. The zero-order valence-corrected chi connectivity index (χ0v) is 23.8. The van der Waals surface area contributed by atoms with Crippen molar-refractivity contribution in [1.82, 2.24) is 4.57 Å². The Morgan fingerprint density at radius 3 is 2.71 bits per heavy atom. The van der Waals surface area contributed by atoms with Gasteiger partial charge in [-0.15, -0.1) is 0 Å². The Bertz CT molecular complexity index is 2120. The van der Waals surface area contributed by atoms with Crippen LogP contribution in [0.1, 0.15) is 34.9 Å². The van der Waals surface area contributed by atoms with Gasteiger partial charge in [0.2, 0.25) is 0 Å². The number of fused-ring (bicyclic) bond motifs is 3. The molecule has 1 aliphatic carbocycles. The fourth-order valence-electron chi connectivity index (χ4n) is 5.76. The lowest BCUT2D eigenvalue weighted by molar-refractivity contribution is -0.384. The lowest BCUT2D eigenvalue weighted by Crippen LogP contribution is -2.38. The number of nitro groups is 1. The van der Waals surface area contributed by atoms with E-state index in [0.29, 0.717) is 32.2 Å². The average molecular weight is 596 g/mol. The molecule has 0 radical (unpaired) electrons. The molecule has 3 heterocycles. The van der Waals surface area contributed by atoms with E-state index < -0.39 is 4.92 Å². The van der Waals surface area contributed by atoms with Crippen molar-refractivity contribution < 1.29 is 14.1 Å². The summed E-state index contributed by atoms with van der Waals surface area (Å²) in [4.78, 5) is 30.8. The van der Waals surface area contributed by atoms with Gasteiger partial charge in [0, 0.05) is 28.3 Å². The highest BCUT2D eigenvalue weighted by molar-refractivity contribution is 7.07. The molecular weight excluding hydrogens is 574 g/mol. The quantitative estimate of drug-likeness (QED) is 0.179. The summed E-state index contributed by atoms with van der Waals surface area (Å²) < 4.78 is 13.9. The van der Waals surface area contributed by atoms with Gasteiger partial charge in [-0.1, -0.05) is 65.4 Å². The molecule has 2 aromatic heterocycles. The number of nitro benzene ring substituents is 1. The van der Waals surface area contributed by atoms with Crippen molar-refractivity contribution in [2.75, 3.05) is 7.11 Å². The van der Waals surface area contributed by atoms with E-state index in [2.05, 4.69) is 12.1 Å². The third-order valence-electron chi connectivity index (χ3n) is 7.63. The number of para-hydroxylation sites is 1. The van der Waals surface area contributed by atoms with Gasteiger partial charge in [0.25, 0.3) is 11.2 Å². The van der Waals surface area contributed by atoms with Crippen LogP contribution in [0.4, 0.5) is 5.69 Å². The number of nitrogens with zero attached hydrogens (tertiary/aromatic N) is 3. The number of aryl methyl sites for hydroxylation is 1. The van der Waals surface area contributed by atoms with Crippen molar-refractivity contribution in [3.05, 3.63) is 142 Å². The summed E-state index contributed by atoms with van der Waals surface area (Å²) in [6, 6.07) is 23.4. The third-order valence-corrected chi connectivity index (χ3v) is 8.85. The summed E-state index contributed by atoms with van der Waals surface area (Å²) in [7, 11) is 1.63. The summed E-state index contributed by atoms with van der Waals surface area (Å²) in [5, 5.41) is 11.9. The lowest BCUT2D eigenvalue weighted by atomic mass is 9.83. The summed E-state index contributed by atoms with van der Waals surface area (Å²) in [6.07, 6.45) is 3.28. The standard InChI is InChI=1S/C32H22ClN3O5S/c1-40-26-9-5-4-8-23(26)30-24-13-10-18-6-2-3-7-21(18)29(24)34-32-35(30)31(37)28(42-32)17-20-12-15-27(41-20)22-14-11-19(33)16-25(22)36(38)39/h2-9,11-12,14-17,30H,10,13H2,1H3/b28-17+/t30-/m1/s1. The van der Waals surface area contributed by atoms with Crippen molar-refractivity contribution in [2.24, 2.45) is 4.99 Å². The number of furan rings is 1. The van der Waals surface area contributed by atoms with E-state index in [-0.39, 0.29) is 22.3 Å². The number of halogens is 1. The Labute approximate surface area is 248 Å². The second-order valence-corrected chi connectivity index (χ2v) is 11.4. The predicted molar refractivity (Wildman–Crippen MR) is 162 cm³/mol. The van der Waals surface area contributed by atoms with E-state index in [4.69, 9.17) is 25.7 Å². The van der Waals surface area contributed by atoms with Crippen molar-refractivity contribution in [2.45, 2.75) is 18.9 Å². The number of allylic oxidation sites excluding steroid dienone is 1. The molecule has 42 heavy (non-hydrogen) atoms. The first-order valence-electron chi connectivity index (χ1n) is 13.2. The first kappa shape index (κ1) is 26.2. The van der Waals surface area contributed by atoms with E-state index in [1.165, 1.54) is 23.0 Å². The third kappa shape index (κ3) is 4.29. The molecule has 3 aromatic carbocycles. The Morgan fingerprint density at radius 2 is 1.88 bits per heavy atom. The van der Waals surface area contributed by atoms with Crippen molar-refractivity contribution in [3.8, 4) is 17.1 Å². The van der Waals surface area contributed by atoms with Gasteiger partial charge >= 0.3 is 0 Å². The first-order valence-corrected chi connectivity index (χ1v) is 14.4. The molecule has 10 heteroatoms. The summed E-state index contributed by atoms with van der Waals surface area (Å²) >= 11 is 7.26. The SMILES string of the molecule is COc1ccccc1[C@@H]1C2=C(N=c3s/c(=C/c4ccc(-c5ccc(Cl)cc5[N+](=O)[O-])o4)c(=O)n31)c1ccccc1CC2. The van der Waals surface area contributed by atoms with E-state index in [1.54, 1.807) is 42.0 Å². The highest BCUT2D eigenvalue weighted by Gasteiger charge is 2.34. The Hall–Kier alpha value is -4.73. The van der Waals surface area contributed by atoms with Crippen LogP contribution >= 0.6 is 22.9 Å². The van der Waals surface area contributed by atoms with Gasteiger partial charge in [-0.3, -0.25) is 19.5 Å². The summed E-state index contributed by atoms with van der Waals surface area (Å²) in [5.41, 5.74) is 5.12. The highest BCUT2D eigenvalue weighted by Crippen LogP contribution is 2.43. The molecule has 1 aliphatic heterocycles. The van der Waals surface area contributed by atoms with Crippen molar-refractivity contribution in [1.29, 1.82) is 0 Å². The van der Waals surface area contributed by atoms with E-state index >= 15 is 0 Å². The lowest BCUT2D eigenvalue weighted by Gasteiger charge is -2.31. The van der Waals surface area contributed by atoms with Crippen LogP contribution in [-0.4, -0.2) is 16.6 Å². The van der Waals surface area contributed by atoms with Crippen LogP contribution in [-0.2, 0) is 6.42 Å². The number of methoxy groups -OCH3 is 1. The molecule has 8 nitrogen and oxygen atoms in total. The van der Waals surface area contributed by atoms with E-state index in [9.17, 15) is 14.9 Å². The number of thiazole rings is 1. The smallest absolute Gasteiger partial charge is 0.281 e. The minimum atomic E-state index is -0.501. The molecule has 0 N–H and O–H groups in total. The molecule has 208 valence electrons. The van der Waals surface area contributed by atoms with E-state index in [1.807, 2.05) is 36.4 Å². The number of rotatable bonds is 5. The molecule has 0 saturated carbocycles. The van der Waals surface area contributed by atoms with Crippen LogP contribution < -0.4 is 19.6 Å². The van der Waals surface area contributed by atoms with Crippen molar-refractivity contribution >= 4 is 40.4 Å². The fraction of sp³-hybridized carbons (Fsp3) is 0.125. The molecule has 0 spiro atoms. The molecule has 0 saturated heterocycles. The first-order chi connectivity index (χ1) is 20.4. The number of ether oxygens (including phenoxy) is 1. The molecule has 0 amide bonds. The Balaban J connectivity index is 1.40. The van der Waals surface area contributed by atoms with Crippen LogP contribution in [0.3, 0.4) is 0 Å². The zero-order chi connectivity index (χ0) is 29.0. The van der Waals surface area contributed by atoms with Crippen LogP contribution in [0.15, 0.2) is 98.6 Å². The topological polar surface area (TPSA) is 99.9 Å². The molecule has 1 atom stereocenters. The van der Waals surface area contributed by atoms with Gasteiger partial charge in [-0.05, 0) is 54.3 Å². The molecule has 7 rings (SSSR count). The van der Waals surface area contributed by atoms with Gasteiger partial charge in [0.05, 0.1) is 33.9 Å². The van der Waals surface area contributed by atoms with Crippen LogP contribution in [0, 0.1) is 10.1 Å². The minimum Gasteiger partial charge on any atom is -0.496 e. The zero-order valence-electron chi connectivity index (χ0n) is 22.2. The average Bonchev–Trinajstić information content (AvgIpc) is 3.60. The Kier molecular flexibility index (Phi) is 6.41. The second-order valence-electron chi connectivity index (χ2n) is 9.98. The van der Waals surface area contributed by atoms with Gasteiger partial charge in [-0.25, -0.2) is 4.99 Å². The maximum Gasteiger partial charge on any atom is 0.281 e. The van der Waals surface area contributed by atoms with Crippen LogP contribution in [0.25, 0.3) is 23.1 Å². The molecular formula is C32H22ClN3O5S. The number of benzene rings is 3. The predicted octanol–water partition coefficient (Wildman–Crippen LogP) is 6.15. The largest absolute Gasteiger partial charge is 0.496 e. The van der Waals surface area contributed by atoms with E-state index in [0.717, 1.165) is 35.2 Å². The molecule has 0 unspecified atom stereocenters. The Morgan fingerprint density at radius 1 is 1.07 bits per heavy atom. The van der Waals surface area contributed by atoms with Crippen LogP contribution in [0.5, 0.6) is 5.75 Å². The van der Waals surface area contributed by atoms with Crippen LogP contribution in [0.2, 0.25) is 5.02 Å². The molecule has 2 aliphatic rings. The number of hydrogen-bond donors (Lipinski definition) is 0. The number of hydrogen-bond acceptors (Lipinski definition) is 7. The fourth-order valence-corrected chi connectivity index (χ4v) is 6.91. The molecule has 0 fully saturated rings. The molecule has 0 bridgehead atoms. The van der Waals surface area contributed by atoms with Gasteiger partial charge < -0.3 is 9.15 Å². The normalized spacial score (nSPS) is 16.0. The monoisotopic (exact) mass is 595 g/mol. The van der Waals surface area contributed by atoms with Gasteiger partial charge in [0.1, 0.15) is 17.3 Å². The second kappa shape index (κ2) is 10.3. The van der Waals surface area contributed by atoms with Gasteiger partial charge in [0.15, 0.2) is 4.80 Å². The summed E-state index contributed by atoms with van der Waals surface area (Å²) in [5.74, 6) is 1.39. The maximum atomic E-state index is 14.1. The maximum absolute atomic E-state index is 14.1.